The molecule has 4 heterocycles. The van der Waals surface area contributed by atoms with Gasteiger partial charge in [-0.2, -0.15) is 5.26 Å². The van der Waals surface area contributed by atoms with Crippen LogP contribution in [0, 0.1) is 18.3 Å². The van der Waals surface area contributed by atoms with Gasteiger partial charge in [-0.25, -0.2) is 0 Å². The molecule has 0 saturated heterocycles. The number of rotatable bonds is 7. The van der Waals surface area contributed by atoms with Gasteiger partial charge in [0.15, 0.2) is 0 Å². The summed E-state index contributed by atoms with van der Waals surface area (Å²) in [4.78, 5) is 9.42. The average Bonchev–Trinajstić information content (AvgIpc) is 3.89. The Morgan fingerprint density at radius 1 is 0.369 bits per heavy atom. The number of nitriles is 1. The molecule has 0 saturated carbocycles. The molecule has 5 nitrogen and oxygen atoms in total. The molecule has 0 amide bonds. The van der Waals surface area contributed by atoms with Crippen LogP contribution in [0.25, 0.3) is 111 Å². The molecule has 4 aromatic heterocycles. The van der Waals surface area contributed by atoms with E-state index < -0.39 is 0 Å². The third-order valence-corrected chi connectivity index (χ3v) is 12.8. The van der Waals surface area contributed by atoms with E-state index in [4.69, 9.17) is 9.97 Å². The van der Waals surface area contributed by atoms with Gasteiger partial charge < -0.3 is 9.13 Å². The highest BCUT2D eigenvalue weighted by molar-refractivity contribution is 6.12. The van der Waals surface area contributed by atoms with Crippen LogP contribution >= 0.6 is 0 Å². The van der Waals surface area contributed by atoms with Gasteiger partial charge in [-0.3, -0.25) is 9.97 Å². The molecule has 65 heavy (non-hydrogen) atoms. The topological polar surface area (TPSA) is 59.4 Å². The summed E-state index contributed by atoms with van der Waals surface area (Å²) in [6.07, 6.45) is 3.80. The molecule has 5 heteroatoms. The minimum atomic E-state index is 0.616. The Bertz CT molecular complexity index is 3850. The maximum Gasteiger partial charge on any atom is 0.0991 e. The Hall–Kier alpha value is -8.85. The molecule has 0 atom stereocenters. The average molecular weight is 830 g/mol. The van der Waals surface area contributed by atoms with Crippen molar-refractivity contribution in [1.29, 1.82) is 5.26 Å². The normalized spacial score (nSPS) is 11.4. The van der Waals surface area contributed by atoms with E-state index in [9.17, 15) is 5.26 Å². The van der Waals surface area contributed by atoms with Crippen LogP contribution in [0.1, 0.15) is 11.1 Å². The van der Waals surface area contributed by atoms with Crippen LogP contribution in [-0.2, 0) is 0 Å². The lowest BCUT2D eigenvalue weighted by atomic mass is 9.98. The summed E-state index contributed by atoms with van der Waals surface area (Å²) in [6.45, 7) is 2.21. The summed E-state index contributed by atoms with van der Waals surface area (Å²) < 4.78 is 4.81. The summed E-state index contributed by atoms with van der Waals surface area (Å²) >= 11 is 0. The Morgan fingerprint density at radius 2 is 0.846 bits per heavy atom. The SMILES string of the molecule is Cc1cc(-n2c3ccccc3c3cc(-c4ccnc(-c5ccccc5)c4)ccc32)c(-c2cccc(C#N)c2)cc1-n1c2ccccc2c2cc(-c3ccnc(-c4ccccc4)c3)ccc21. The van der Waals surface area contributed by atoms with Crippen molar-refractivity contribution >= 4 is 43.6 Å². The molecule has 0 unspecified atom stereocenters. The highest BCUT2D eigenvalue weighted by Gasteiger charge is 2.21. The first-order valence-corrected chi connectivity index (χ1v) is 21.9. The highest BCUT2D eigenvalue weighted by atomic mass is 15.0. The van der Waals surface area contributed by atoms with Gasteiger partial charge in [-0.1, -0.05) is 121 Å². The van der Waals surface area contributed by atoms with Crippen molar-refractivity contribution in [2.75, 3.05) is 0 Å². The van der Waals surface area contributed by atoms with Gasteiger partial charge in [-0.05, 0) is 125 Å². The molecule has 0 fully saturated rings. The van der Waals surface area contributed by atoms with Crippen LogP contribution in [0.5, 0.6) is 0 Å². The van der Waals surface area contributed by atoms with Crippen molar-refractivity contribution in [2.45, 2.75) is 6.92 Å². The van der Waals surface area contributed by atoms with E-state index in [1.165, 1.54) is 16.2 Å². The van der Waals surface area contributed by atoms with Gasteiger partial charge in [0.1, 0.15) is 0 Å². The molecular formula is C60H39N5. The van der Waals surface area contributed by atoms with Crippen LogP contribution in [0.3, 0.4) is 0 Å². The molecule has 0 N–H and O–H groups in total. The summed E-state index contributed by atoms with van der Waals surface area (Å²) in [5.41, 5.74) is 18.9. The zero-order valence-electron chi connectivity index (χ0n) is 35.5. The molecule has 0 aliphatic rings. The van der Waals surface area contributed by atoms with Crippen LogP contribution in [0.2, 0.25) is 0 Å². The Labute approximate surface area is 376 Å². The summed E-state index contributed by atoms with van der Waals surface area (Å²) in [6, 6.07) is 75.2. The molecule has 0 aliphatic heterocycles. The van der Waals surface area contributed by atoms with E-state index >= 15 is 0 Å². The van der Waals surface area contributed by atoms with Crippen LogP contribution in [0.4, 0.5) is 0 Å². The fraction of sp³-hybridized carbons (Fsp3) is 0.0167. The van der Waals surface area contributed by atoms with E-state index in [1.54, 1.807) is 0 Å². The summed E-state index contributed by atoms with van der Waals surface area (Å²) in [5.74, 6) is 0. The van der Waals surface area contributed by atoms with Crippen molar-refractivity contribution in [3.8, 4) is 73.3 Å². The molecule has 0 spiro atoms. The number of aryl methyl sites for hydroxylation is 1. The lowest BCUT2D eigenvalue weighted by molar-refractivity contribution is 1.12. The maximum atomic E-state index is 10.1. The van der Waals surface area contributed by atoms with E-state index in [2.05, 4.69) is 186 Å². The molecule has 0 bridgehead atoms. The minimum absolute atomic E-state index is 0.616. The van der Waals surface area contributed by atoms with Gasteiger partial charge in [0.2, 0.25) is 0 Å². The summed E-state index contributed by atoms with van der Waals surface area (Å²) in [5, 5.41) is 14.8. The fourth-order valence-corrected chi connectivity index (χ4v) is 9.67. The molecule has 0 aliphatic carbocycles. The number of hydrogen-bond acceptors (Lipinski definition) is 3. The monoisotopic (exact) mass is 829 g/mol. The first kappa shape index (κ1) is 37.9. The minimum Gasteiger partial charge on any atom is -0.309 e. The molecular weight excluding hydrogens is 791 g/mol. The van der Waals surface area contributed by atoms with Crippen LogP contribution < -0.4 is 0 Å². The zero-order valence-corrected chi connectivity index (χ0v) is 35.5. The van der Waals surface area contributed by atoms with Crippen LogP contribution in [0.15, 0.2) is 219 Å². The van der Waals surface area contributed by atoms with Gasteiger partial charge in [0.25, 0.3) is 0 Å². The third kappa shape index (κ3) is 6.47. The number of para-hydroxylation sites is 2. The quantitative estimate of drug-likeness (QED) is 0.161. The second-order valence-corrected chi connectivity index (χ2v) is 16.6. The van der Waals surface area contributed by atoms with Crippen LogP contribution in [-0.4, -0.2) is 19.1 Å². The largest absolute Gasteiger partial charge is 0.309 e. The third-order valence-electron chi connectivity index (χ3n) is 12.8. The zero-order chi connectivity index (χ0) is 43.4. The first-order valence-electron chi connectivity index (χ1n) is 21.9. The van der Waals surface area contributed by atoms with Gasteiger partial charge >= 0.3 is 0 Å². The van der Waals surface area contributed by atoms with Gasteiger partial charge in [0.05, 0.1) is 50.8 Å². The van der Waals surface area contributed by atoms with Gasteiger partial charge in [0, 0.05) is 56.3 Å². The second kappa shape index (κ2) is 15.5. The number of fused-ring (bicyclic) bond motifs is 6. The smallest absolute Gasteiger partial charge is 0.0991 e. The number of pyridine rings is 2. The van der Waals surface area contributed by atoms with E-state index in [0.717, 1.165) is 100 Å². The molecule has 0 radical (unpaired) electrons. The van der Waals surface area contributed by atoms with Gasteiger partial charge in [-0.15, -0.1) is 0 Å². The first-order chi connectivity index (χ1) is 32.1. The number of aromatic nitrogens is 4. The predicted octanol–water partition coefficient (Wildman–Crippen LogP) is 15.2. The van der Waals surface area contributed by atoms with E-state index in [-0.39, 0.29) is 0 Å². The number of hydrogen-bond donors (Lipinski definition) is 0. The second-order valence-electron chi connectivity index (χ2n) is 16.6. The maximum absolute atomic E-state index is 10.1. The fourth-order valence-electron chi connectivity index (χ4n) is 9.67. The van der Waals surface area contributed by atoms with Crippen molar-refractivity contribution in [3.63, 3.8) is 0 Å². The molecule has 304 valence electrons. The lowest BCUT2D eigenvalue weighted by Gasteiger charge is -2.20. The van der Waals surface area contributed by atoms with Crippen molar-refractivity contribution in [3.05, 3.63) is 230 Å². The molecule has 8 aromatic carbocycles. The number of nitrogens with zero attached hydrogens (tertiary/aromatic N) is 5. The van der Waals surface area contributed by atoms with Crippen molar-refractivity contribution in [2.24, 2.45) is 0 Å². The highest BCUT2D eigenvalue weighted by Crippen LogP contribution is 2.42. The van der Waals surface area contributed by atoms with Crippen molar-refractivity contribution in [1.82, 2.24) is 19.1 Å². The lowest BCUT2D eigenvalue weighted by Crippen LogP contribution is -2.03. The Morgan fingerprint density at radius 3 is 1.40 bits per heavy atom. The van der Waals surface area contributed by atoms with E-state index in [1.807, 2.05) is 54.9 Å². The standard InChI is InChI=1S/C60H39N5/c1-39-31-60(65-56-22-11-9-20-49(56)52-34-44(24-26-58(52)65)46-28-30-63-54(36-46)42-16-6-3-7-17-42)50(47-18-12-13-40(32-47)38-61)37-59(39)64-55-21-10-8-19-48(55)51-33-43(23-25-57(51)64)45-27-29-62-53(35-45)41-14-4-2-5-15-41/h2-37H,1H3. The predicted molar refractivity (Wildman–Crippen MR) is 267 cm³/mol. The summed E-state index contributed by atoms with van der Waals surface area (Å²) in [7, 11) is 0. The Balaban J connectivity index is 1.05. The molecule has 12 rings (SSSR count). The Kier molecular flexibility index (Phi) is 9.03. The van der Waals surface area contributed by atoms with E-state index in [0.29, 0.717) is 5.56 Å². The number of benzene rings is 8. The molecule has 12 aromatic rings. The van der Waals surface area contributed by atoms with Crippen molar-refractivity contribution < 1.29 is 0 Å².